The Morgan fingerprint density at radius 1 is 0.633 bits per heavy atom. The molecule has 9 rings (SSSR count). The highest BCUT2D eigenvalue weighted by molar-refractivity contribution is 5.15. The van der Waals surface area contributed by atoms with Crippen LogP contribution in [0.2, 0.25) is 0 Å². The van der Waals surface area contributed by atoms with E-state index in [-0.39, 0.29) is 36.3 Å². The first-order chi connectivity index (χ1) is 28.5. The Bertz CT molecular complexity index is 1500. The Morgan fingerprint density at radius 2 is 1.38 bits per heavy atom. The van der Waals surface area contributed by atoms with Crippen LogP contribution in [-0.4, -0.2) is 165 Å². The molecule has 344 valence electrons. The molecule has 8 N–H and O–H groups in total. The second kappa shape index (κ2) is 16.7. The van der Waals surface area contributed by atoms with Gasteiger partial charge in [-0.2, -0.15) is 0 Å². The first kappa shape index (κ1) is 44.6. The molecule has 5 heterocycles. The molecule has 9 fully saturated rings. The number of aliphatic hydroxyl groups excluding tert-OH is 8. The maximum Gasteiger partial charge on any atom is 0.187 e. The van der Waals surface area contributed by atoms with Crippen LogP contribution >= 0.6 is 0 Å². The molecular weight excluding hydrogens is 784 g/mol. The molecule has 0 unspecified atom stereocenters. The summed E-state index contributed by atoms with van der Waals surface area (Å²) in [5, 5.41) is 84.9. The van der Waals surface area contributed by atoms with Crippen molar-refractivity contribution < 1.29 is 78.7 Å². The van der Waals surface area contributed by atoms with E-state index in [1.807, 2.05) is 0 Å². The third-order valence-electron chi connectivity index (χ3n) is 17.8. The van der Waals surface area contributed by atoms with Crippen molar-refractivity contribution >= 4 is 0 Å². The lowest BCUT2D eigenvalue weighted by Gasteiger charge is -2.61. The van der Waals surface area contributed by atoms with Crippen LogP contribution in [0.25, 0.3) is 0 Å². The fourth-order valence-corrected chi connectivity index (χ4v) is 14.2. The molecule has 0 bridgehead atoms. The summed E-state index contributed by atoms with van der Waals surface area (Å²) >= 11 is 0. The summed E-state index contributed by atoms with van der Waals surface area (Å²) in [6.07, 6.45) is -9.45. The molecule has 26 atom stereocenters. The van der Waals surface area contributed by atoms with E-state index in [1.54, 1.807) is 0 Å². The van der Waals surface area contributed by atoms with Crippen molar-refractivity contribution in [1.29, 1.82) is 0 Å². The number of hydrogen-bond acceptors (Lipinski definition) is 16. The summed E-state index contributed by atoms with van der Waals surface area (Å²) in [6, 6.07) is 0. The van der Waals surface area contributed by atoms with Crippen molar-refractivity contribution in [1.82, 2.24) is 0 Å². The van der Waals surface area contributed by atoms with Crippen molar-refractivity contribution in [2.24, 2.45) is 52.3 Å². The van der Waals surface area contributed by atoms with Gasteiger partial charge in [0.15, 0.2) is 24.7 Å². The van der Waals surface area contributed by atoms with Gasteiger partial charge < -0.3 is 78.7 Å². The highest BCUT2D eigenvalue weighted by Gasteiger charge is 2.69. The summed E-state index contributed by atoms with van der Waals surface area (Å²) in [7, 11) is 0. The maximum absolute atomic E-state index is 11.6. The molecule has 0 aromatic heterocycles. The van der Waals surface area contributed by atoms with Crippen LogP contribution in [0.5, 0.6) is 0 Å². The summed E-state index contributed by atoms with van der Waals surface area (Å²) < 4.78 is 49.5. The standard InChI is InChI=1S/C44H72O16/c1-19-8-13-44(55-16-19)20(2)30-28(60-44)15-26-24-7-6-22-14-23(9-11-42(22,4)25(24)10-12-43(26,30)5)57-41-38(59-40-36(51)32(47)27(45)17-53-40)35(50)33(48)29(58-41)18-54-39-37(52)34(49)31(46)21(3)56-39/h19-41,45-52H,6-18H2,1-5H3/t19-,20-,21-,22+,23-,24+,25-,26-,27-,28-,29+,30-,31-,32-,33+,34+,35-,36+,37+,38+,39-,40-,41+,42-,43-,44+/m0/s1. The van der Waals surface area contributed by atoms with Gasteiger partial charge in [-0.05, 0) is 111 Å². The highest BCUT2D eigenvalue weighted by atomic mass is 16.8. The van der Waals surface area contributed by atoms with Crippen molar-refractivity contribution in [2.75, 3.05) is 19.8 Å². The second-order valence-corrected chi connectivity index (χ2v) is 21.1. The maximum atomic E-state index is 11.6. The number of ether oxygens (including phenoxy) is 8. The Hall–Kier alpha value is -0.640. The lowest BCUT2D eigenvalue weighted by atomic mass is 9.44. The van der Waals surface area contributed by atoms with Gasteiger partial charge in [0.25, 0.3) is 0 Å². The molecule has 5 aliphatic heterocycles. The topological polar surface area (TPSA) is 236 Å². The molecule has 0 amide bonds. The van der Waals surface area contributed by atoms with E-state index < -0.39 is 91.8 Å². The zero-order valence-electron chi connectivity index (χ0n) is 35.8. The number of fused-ring (bicyclic) bond motifs is 7. The van der Waals surface area contributed by atoms with E-state index in [0.29, 0.717) is 41.4 Å². The molecule has 0 aromatic carbocycles. The van der Waals surface area contributed by atoms with Gasteiger partial charge in [0.05, 0.1) is 38.1 Å². The smallest absolute Gasteiger partial charge is 0.187 e. The first-order valence-corrected chi connectivity index (χ1v) is 23.1. The molecule has 0 radical (unpaired) electrons. The normalized spacial score (nSPS) is 59.2. The molecule has 16 heteroatoms. The number of rotatable bonds is 7. The van der Waals surface area contributed by atoms with Gasteiger partial charge in [-0.15, -0.1) is 0 Å². The predicted molar refractivity (Wildman–Crippen MR) is 208 cm³/mol. The molecule has 4 aliphatic carbocycles. The quantitative estimate of drug-likeness (QED) is 0.166. The Labute approximate surface area is 353 Å². The molecule has 9 aliphatic rings. The number of aliphatic hydroxyl groups is 8. The van der Waals surface area contributed by atoms with Crippen LogP contribution < -0.4 is 0 Å². The molecular formula is C44H72O16. The fourth-order valence-electron chi connectivity index (χ4n) is 14.2. The predicted octanol–water partition coefficient (Wildman–Crippen LogP) is 0.933. The van der Waals surface area contributed by atoms with E-state index in [2.05, 4.69) is 27.7 Å². The lowest BCUT2D eigenvalue weighted by molar-refractivity contribution is -0.370. The van der Waals surface area contributed by atoms with Crippen LogP contribution in [-0.2, 0) is 37.9 Å². The average Bonchev–Trinajstić information content (AvgIpc) is 3.67. The molecule has 16 nitrogen and oxygen atoms in total. The highest BCUT2D eigenvalue weighted by Crippen LogP contribution is 2.71. The minimum Gasteiger partial charge on any atom is -0.388 e. The van der Waals surface area contributed by atoms with E-state index in [1.165, 1.54) is 19.8 Å². The van der Waals surface area contributed by atoms with Crippen LogP contribution in [0, 0.1) is 52.3 Å². The number of hydrogen-bond donors (Lipinski definition) is 8. The average molecular weight is 857 g/mol. The van der Waals surface area contributed by atoms with E-state index in [9.17, 15) is 40.9 Å². The van der Waals surface area contributed by atoms with Gasteiger partial charge in [0, 0.05) is 12.3 Å². The molecule has 60 heavy (non-hydrogen) atoms. The fraction of sp³-hybridized carbons (Fsp3) is 1.00. The lowest BCUT2D eigenvalue weighted by Crippen LogP contribution is -2.64. The van der Waals surface area contributed by atoms with Crippen LogP contribution in [0.1, 0.15) is 98.8 Å². The molecule has 0 aromatic rings. The van der Waals surface area contributed by atoms with Gasteiger partial charge in [-0.1, -0.05) is 27.7 Å². The zero-order valence-corrected chi connectivity index (χ0v) is 35.8. The van der Waals surface area contributed by atoms with E-state index >= 15 is 0 Å². The first-order valence-electron chi connectivity index (χ1n) is 23.1. The summed E-state index contributed by atoms with van der Waals surface area (Å²) in [4.78, 5) is 0. The summed E-state index contributed by atoms with van der Waals surface area (Å²) in [6.45, 7) is 11.3. The molecule has 4 saturated carbocycles. The van der Waals surface area contributed by atoms with Crippen molar-refractivity contribution in [3.05, 3.63) is 0 Å². The second-order valence-electron chi connectivity index (χ2n) is 21.1. The van der Waals surface area contributed by atoms with E-state index in [0.717, 1.165) is 58.0 Å². The third kappa shape index (κ3) is 7.36. The van der Waals surface area contributed by atoms with E-state index in [4.69, 9.17) is 37.9 Å². The monoisotopic (exact) mass is 856 g/mol. The van der Waals surface area contributed by atoms with Gasteiger partial charge in [0.2, 0.25) is 0 Å². The zero-order chi connectivity index (χ0) is 42.6. The van der Waals surface area contributed by atoms with Gasteiger partial charge in [-0.3, -0.25) is 0 Å². The largest absolute Gasteiger partial charge is 0.388 e. The van der Waals surface area contributed by atoms with Crippen molar-refractivity contribution in [3.63, 3.8) is 0 Å². The SMILES string of the molecule is C[C@H]1CC[C@@]2(OC1)O[C@H]1C[C@H]3[C@@H]4CC[C@@H]5C[C@@H](O[C@@H]6O[C@H](CO[C@H]7O[C@@H](C)[C@H](O)[C@@H](O)[C@H]7O)[C@@H](O)[C@H](O)[C@H]6O[C@@H]6OC[C@H](O)[C@H](O)[C@H]6O)CC[C@]5(C)[C@H]4CC[C@]3(C)[C@H]1[C@@H]2C. The minimum absolute atomic E-state index is 0.126. The molecule has 5 saturated heterocycles. The van der Waals surface area contributed by atoms with Gasteiger partial charge in [-0.25, -0.2) is 0 Å². The third-order valence-corrected chi connectivity index (χ3v) is 17.8. The Morgan fingerprint density at radius 3 is 2.13 bits per heavy atom. The molecule has 1 spiro atoms. The summed E-state index contributed by atoms with van der Waals surface area (Å²) in [5.74, 6) is 3.29. The Kier molecular flexibility index (Phi) is 12.4. The minimum atomic E-state index is -1.66. The Balaban J connectivity index is 0.878. The van der Waals surface area contributed by atoms with Crippen LogP contribution in [0.15, 0.2) is 0 Å². The van der Waals surface area contributed by atoms with Gasteiger partial charge in [0.1, 0.15) is 61.0 Å². The van der Waals surface area contributed by atoms with Crippen LogP contribution in [0.4, 0.5) is 0 Å². The van der Waals surface area contributed by atoms with Crippen molar-refractivity contribution in [3.8, 4) is 0 Å². The van der Waals surface area contributed by atoms with Crippen molar-refractivity contribution in [2.45, 2.75) is 203 Å². The summed E-state index contributed by atoms with van der Waals surface area (Å²) in [5.41, 5.74) is 0.356. The van der Waals surface area contributed by atoms with Crippen LogP contribution in [0.3, 0.4) is 0 Å². The van der Waals surface area contributed by atoms with Gasteiger partial charge >= 0.3 is 0 Å².